The summed E-state index contributed by atoms with van der Waals surface area (Å²) in [5, 5.41) is 18.9. The summed E-state index contributed by atoms with van der Waals surface area (Å²) in [6.45, 7) is 9.06. The molecule has 0 aliphatic heterocycles. The number of benzene rings is 3. The number of nitriles is 2. The highest BCUT2D eigenvalue weighted by molar-refractivity contribution is 5.79. The van der Waals surface area contributed by atoms with Crippen LogP contribution in [-0.4, -0.2) is 6.61 Å². The molecule has 0 fully saturated rings. The predicted octanol–water partition coefficient (Wildman–Crippen LogP) is 9.01. The summed E-state index contributed by atoms with van der Waals surface area (Å²) < 4.78 is 6.71. The maximum Gasteiger partial charge on any atom is 0.135 e. The zero-order valence-corrected chi connectivity index (χ0v) is 24.9. The third-order valence-electron chi connectivity index (χ3n) is 8.01. The number of nitrogens with zero attached hydrogens (tertiary/aromatic N) is 2. The van der Waals surface area contributed by atoms with Gasteiger partial charge in [0.05, 0.1) is 12.1 Å². The van der Waals surface area contributed by atoms with Crippen LogP contribution < -0.4 is 0 Å². The van der Waals surface area contributed by atoms with Gasteiger partial charge in [-0.15, -0.1) is 0 Å². The molecule has 2 unspecified atom stereocenters. The minimum atomic E-state index is -0.807. The van der Waals surface area contributed by atoms with Crippen LogP contribution in [0.2, 0.25) is 0 Å². The number of aryl methyl sites for hydroxylation is 1. The summed E-state index contributed by atoms with van der Waals surface area (Å²) in [5.41, 5.74) is 6.00. The fraction of sp³-hybridized carbons (Fsp3) is 0.368. The molecule has 0 N–H and O–H groups in total. The highest BCUT2D eigenvalue weighted by Crippen LogP contribution is 2.55. The van der Waals surface area contributed by atoms with Gasteiger partial charge in [-0.1, -0.05) is 119 Å². The molecule has 3 aromatic rings. The van der Waals surface area contributed by atoms with Gasteiger partial charge in [-0.05, 0) is 77.0 Å². The topological polar surface area (TPSA) is 56.8 Å². The molecule has 0 amide bonds. The smallest absolute Gasteiger partial charge is 0.135 e. The van der Waals surface area contributed by atoms with E-state index < -0.39 is 11.0 Å². The van der Waals surface area contributed by atoms with Gasteiger partial charge in [0.15, 0.2) is 0 Å². The minimum Gasteiger partial charge on any atom is -0.350 e. The predicted molar refractivity (Wildman–Crippen MR) is 168 cm³/mol. The lowest BCUT2D eigenvalue weighted by atomic mass is 9.58. The standard InChI is InChI=1S/C38H42N2O/c1-29(2)24-34-25-31(14-11-21-39)17-18-36(34)33-19-20-38(41-23-22-40,35-15-9-6-10-16-35)37(28-33,26-30(3)4)27-32-12-7-5-8-13-32/h5-10,12-13,15-20,25,28-30H,11,14,23-24,26-27H2,1-4H3. The summed E-state index contributed by atoms with van der Waals surface area (Å²) in [6.07, 6.45) is 10.8. The monoisotopic (exact) mass is 542 g/mol. The highest BCUT2D eigenvalue weighted by atomic mass is 16.5. The van der Waals surface area contributed by atoms with E-state index in [1.54, 1.807) is 0 Å². The Morgan fingerprint density at radius 2 is 1.51 bits per heavy atom. The van der Waals surface area contributed by atoms with E-state index in [0.29, 0.717) is 18.3 Å². The zero-order chi connectivity index (χ0) is 29.3. The Bertz CT molecular complexity index is 1440. The van der Waals surface area contributed by atoms with Crippen LogP contribution in [0.4, 0.5) is 0 Å². The van der Waals surface area contributed by atoms with Crippen molar-refractivity contribution in [2.75, 3.05) is 6.61 Å². The third-order valence-corrected chi connectivity index (χ3v) is 8.01. The van der Waals surface area contributed by atoms with Crippen molar-refractivity contribution in [1.29, 1.82) is 10.5 Å². The van der Waals surface area contributed by atoms with Crippen LogP contribution in [0, 0.1) is 39.9 Å². The second kappa shape index (κ2) is 13.6. The van der Waals surface area contributed by atoms with Gasteiger partial charge in [0.2, 0.25) is 0 Å². The van der Waals surface area contributed by atoms with Gasteiger partial charge >= 0.3 is 0 Å². The van der Waals surface area contributed by atoms with E-state index in [1.165, 1.54) is 27.8 Å². The van der Waals surface area contributed by atoms with Crippen molar-refractivity contribution in [3.63, 3.8) is 0 Å². The molecule has 2 atom stereocenters. The Balaban J connectivity index is 1.97. The quantitative estimate of drug-likeness (QED) is 0.229. The minimum absolute atomic E-state index is 0.00321. The van der Waals surface area contributed by atoms with Crippen molar-refractivity contribution < 1.29 is 4.74 Å². The molecule has 4 rings (SSSR count). The van der Waals surface area contributed by atoms with Crippen LogP contribution in [0.25, 0.3) is 5.57 Å². The Morgan fingerprint density at radius 1 is 0.805 bits per heavy atom. The molecular weight excluding hydrogens is 500 g/mol. The van der Waals surface area contributed by atoms with E-state index in [9.17, 15) is 5.26 Å². The average Bonchev–Trinajstić information content (AvgIpc) is 2.96. The fourth-order valence-electron chi connectivity index (χ4n) is 6.53. The van der Waals surface area contributed by atoms with Crippen LogP contribution in [-0.2, 0) is 29.6 Å². The average molecular weight is 543 g/mol. The lowest BCUT2D eigenvalue weighted by Gasteiger charge is -2.51. The van der Waals surface area contributed by atoms with Crippen LogP contribution in [0.3, 0.4) is 0 Å². The van der Waals surface area contributed by atoms with Crippen molar-refractivity contribution in [3.05, 3.63) is 125 Å². The van der Waals surface area contributed by atoms with Crippen LogP contribution in [0.1, 0.15) is 68.4 Å². The lowest BCUT2D eigenvalue weighted by molar-refractivity contribution is -0.0845. The van der Waals surface area contributed by atoms with Crippen molar-refractivity contribution in [3.8, 4) is 12.1 Å². The van der Waals surface area contributed by atoms with Gasteiger partial charge in [-0.3, -0.25) is 0 Å². The second-order valence-electron chi connectivity index (χ2n) is 12.1. The summed E-state index contributed by atoms with van der Waals surface area (Å²) in [4.78, 5) is 0. The second-order valence-corrected chi connectivity index (χ2v) is 12.1. The summed E-state index contributed by atoms with van der Waals surface area (Å²) >= 11 is 0. The summed E-state index contributed by atoms with van der Waals surface area (Å²) in [6, 6.07) is 32.3. The largest absolute Gasteiger partial charge is 0.350 e. The van der Waals surface area contributed by atoms with Crippen molar-refractivity contribution in [2.24, 2.45) is 17.3 Å². The van der Waals surface area contributed by atoms with Crippen LogP contribution in [0.15, 0.2) is 97.1 Å². The molecule has 0 aromatic heterocycles. The Labute approximate surface area is 246 Å². The molecule has 3 nitrogen and oxygen atoms in total. The van der Waals surface area contributed by atoms with E-state index in [4.69, 9.17) is 10.00 Å². The van der Waals surface area contributed by atoms with Gasteiger partial charge in [-0.25, -0.2) is 0 Å². The molecular formula is C38H42N2O. The Morgan fingerprint density at radius 3 is 2.15 bits per heavy atom. The first-order valence-corrected chi connectivity index (χ1v) is 14.8. The van der Waals surface area contributed by atoms with E-state index in [2.05, 4.69) is 131 Å². The molecule has 3 aromatic carbocycles. The van der Waals surface area contributed by atoms with Crippen LogP contribution in [0.5, 0.6) is 0 Å². The first-order valence-electron chi connectivity index (χ1n) is 14.8. The molecule has 0 bridgehead atoms. The molecule has 210 valence electrons. The number of hydrogen-bond acceptors (Lipinski definition) is 3. The van der Waals surface area contributed by atoms with Crippen LogP contribution >= 0.6 is 0 Å². The van der Waals surface area contributed by atoms with E-state index in [-0.39, 0.29) is 6.61 Å². The lowest BCUT2D eigenvalue weighted by Crippen LogP contribution is -2.49. The maximum atomic E-state index is 9.70. The van der Waals surface area contributed by atoms with Crippen molar-refractivity contribution in [2.45, 2.75) is 65.4 Å². The summed E-state index contributed by atoms with van der Waals surface area (Å²) in [7, 11) is 0. The normalized spacial score (nSPS) is 20.0. The first-order chi connectivity index (χ1) is 19.8. The first kappa shape index (κ1) is 30.0. The van der Waals surface area contributed by atoms with E-state index in [1.807, 2.05) is 6.07 Å². The highest BCUT2D eigenvalue weighted by Gasteiger charge is 2.52. The van der Waals surface area contributed by atoms with Gasteiger partial charge in [0.1, 0.15) is 12.2 Å². The molecule has 1 aliphatic carbocycles. The maximum absolute atomic E-state index is 9.70. The molecule has 41 heavy (non-hydrogen) atoms. The molecule has 0 saturated heterocycles. The molecule has 3 heteroatoms. The molecule has 0 saturated carbocycles. The van der Waals surface area contributed by atoms with E-state index >= 15 is 0 Å². The van der Waals surface area contributed by atoms with Gasteiger partial charge in [0, 0.05) is 11.8 Å². The van der Waals surface area contributed by atoms with Gasteiger partial charge in [-0.2, -0.15) is 10.5 Å². The fourth-order valence-corrected chi connectivity index (χ4v) is 6.53. The molecule has 1 aliphatic rings. The Kier molecular flexibility index (Phi) is 9.99. The number of rotatable bonds is 12. The molecule has 0 radical (unpaired) electrons. The number of allylic oxidation sites excluding steroid dienone is 2. The third kappa shape index (κ3) is 6.87. The Hall–Kier alpha value is -3.92. The number of hydrogen-bond donors (Lipinski definition) is 0. The SMILES string of the molecule is CC(C)Cc1cc(CCC#N)ccc1C1=CC(Cc2ccccc2)(CC(C)C)C(OCC#N)(c2ccccc2)C=C1. The van der Waals surface area contributed by atoms with Gasteiger partial charge in [0.25, 0.3) is 0 Å². The van der Waals surface area contributed by atoms with E-state index in [0.717, 1.165) is 31.2 Å². The molecule has 0 heterocycles. The zero-order valence-electron chi connectivity index (χ0n) is 24.9. The van der Waals surface area contributed by atoms with Crippen molar-refractivity contribution >= 4 is 5.57 Å². The van der Waals surface area contributed by atoms with Gasteiger partial charge < -0.3 is 4.74 Å². The van der Waals surface area contributed by atoms with Crippen molar-refractivity contribution in [1.82, 2.24) is 0 Å². The summed E-state index contributed by atoms with van der Waals surface area (Å²) in [5.74, 6) is 0.889. The number of ether oxygens (including phenoxy) is 1. The molecule has 0 spiro atoms.